The highest BCUT2D eigenvalue weighted by atomic mass is 35.5. The first-order valence-electron chi connectivity index (χ1n) is 7.93. The molecule has 0 spiro atoms. The van der Waals surface area contributed by atoms with E-state index in [0.717, 1.165) is 23.1 Å². The Bertz CT molecular complexity index is 1050. The van der Waals surface area contributed by atoms with Crippen LogP contribution in [-0.4, -0.2) is 21.2 Å². The molecule has 8 heteroatoms. The van der Waals surface area contributed by atoms with Crippen LogP contribution in [0, 0.1) is 18.6 Å². The summed E-state index contributed by atoms with van der Waals surface area (Å²) < 4.78 is 29.7. The van der Waals surface area contributed by atoms with E-state index in [1.54, 1.807) is 30.0 Å². The summed E-state index contributed by atoms with van der Waals surface area (Å²) in [5.41, 5.74) is 1.56. The van der Waals surface area contributed by atoms with Crippen LogP contribution in [0.3, 0.4) is 0 Å². The average Bonchev–Trinajstić information content (AvgIpc) is 2.79. The van der Waals surface area contributed by atoms with Gasteiger partial charge in [0, 0.05) is 28.0 Å². The van der Waals surface area contributed by atoms with Crippen LogP contribution in [0.25, 0.3) is 10.9 Å². The van der Waals surface area contributed by atoms with E-state index in [-0.39, 0.29) is 28.5 Å². The first kappa shape index (κ1) is 17.3. The number of fused-ring (bicyclic) bond motifs is 1. The highest BCUT2D eigenvalue weighted by Crippen LogP contribution is 2.46. The Kier molecular flexibility index (Phi) is 4.36. The summed E-state index contributed by atoms with van der Waals surface area (Å²) in [6, 6.07) is 7.09. The molecule has 1 aliphatic heterocycles. The van der Waals surface area contributed by atoms with Crippen molar-refractivity contribution in [2.45, 2.75) is 13.0 Å². The van der Waals surface area contributed by atoms with Gasteiger partial charge in [-0.1, -0.05) is 17.7 Å². The molecule has 0 amide bonds. The second-order valence-electron chi connectivity index (χ2n) is 6.15. The van der Waals surface area contributed by atoms with Gasteiger partial charge in [-0.25, -0.2) is 8.78 Å². The number of benzene rings is 2. The number of halogens is 3. The Morgan fingerprint density at radius 2 is 1.96 bits per heavy atom. The minimum absolute atomic E-state index is 0.0506. The third kappa shape index (κ3) is 2.85. The quantitative estimate of drug-likeness (QED) is 0.531. The van der Waals surface area contributed by atoms with Gasteiger partial charge in [0.15, 0.2) is 11.5 Å². The summed E-state index contributed by atoms with van der Waals surface area (Å²) in [7, 11) is 0. The number of aryl methyl sites for hydroxylation is 1. The zero-order valence-electron chi connectivity index (χ0n) is 13.7. The third-order valence-electron chi connectivity index (χ3n) is 4.38. The second kappa shape index (κ2) is 6.55. The molecule has 1 aromatic heterocycles. The van der Waals surface area contributed by atoms with E-state index in [1.807, 2.05) is 6.92 Å². The minimum atomic E-state index is -0.731. The molecule has 4 nitrogen and oxygen atoms in total. The largest absolute Gasteiger partial charge is 0.493 e. The molecule has 0 unspecified atom stereocenters. The lowest BCUT2D eigenvalue weighted by molar-refractivity contribution is 0.404. The molecular weight excluding hydrogens is 380 g/mol. The standard InChI is InChI=1S/C18H14ClF2N3OS/c1-9-2-3-10(19)4-15(9)22-23-16-13-5-11(20)6-14(21)17(13)24(18(16)25)12-7-26-8-12/h2-6,12,25H,7-8H2,1H3. The molecule has 0 atom stereocenters. The fourth-order valence-electron chi connectivity index (χ4n) is 2.95. The zero-order chi connectivity index (χ0) is 18.4. The van der Waals surface area contributed by atoms with Gasteiger partial charge in [-0.2, -0.15) is 16.9 Å². The van der Waals surface area contributed by atoms with E-state index in [2.05, 4.69) is 10.2 Å². The van der Waals surface area contributed by atoms with Gasteiger partial charge in [-0.05, 0) is 30.7 Å². The molecule has 2 aromatic carbocycles. The van der Waals surface area contributed by atoms with Crippen molar-refractivity contribution in [3.05, 3.63) is 52.6 Å². The third-order valence-corrected chi connectivity index (χ3v) is 5.85. The van der Waals surface area contributed by atoms with Crippen molar-refractivity contribution in [2.24, 2.45) is 10.2 Å². The highest BCUT2D eigenvalue weighted by molar-refractivity contribution is 8.00. The monoisotopic (exact) mass is 393 g/mol. The maximum atomic E-state index is 14.4. The number of aromatic nitrogens is 1. The van der Waals surface area contributed by atoms with Gasteiger partial charge in [-0.3, -0.25) is 0 Å². The number of rotatable bonds is 3. The molecule has 1 N–H and O–H groups in total. The van der Waals surface area contributed by atoms with E-state index < -0.39 is 11.6 Å². The number of hydrogen-bond donors (Lipinski definition) is 1. The molecule has 26 heavy (non-hydrogen) atoms. The van der Waals surface area contributed by atoms with Gasteiger partial charge in [0.25, 0.3) is 0 Å². The molecule has 0 radical (unpaired) electrons. The summed E-state index contributed by atoms with van der Waals surface area (Å²) in [6.45, 7) is 1.85. The Morgan fingerprint density at radius 1 is 1.19 bits per heavy atom. The average molecular weight is 394 g/mol. The number of nitrogens with zero attached hydrogens (tertiary/aromatic N) is 3. The molecule has 1 saturated heterocycles. The Morgan fingerprint density at radius 3 is 2.65 bits per heavy atom. The smallest absolute Gasteiger partial charge is 0.221 e. The molecule has 4 rings (SSSR count). The van der Waals surface area contributed by atoms with E-state index in [0.29, 0.717) is 10.7 Å². The predicted octanol–water partition coefficient (Wildman–Crippen LogP) is 6.29. The van der Waals surface area contributed by atoms with Crippen molar-refractivity contribution in [1.82, 2.24) is 4.57 Å². The molecule has 0 bridgehead atoms. The minimum Gasteiger partial charge on any atom is -0.493 e. The normalized spacial score (nSPS) is 15.1. The van der Waals surface area contributed by atoms with Gasteiger partial charge in [0.05, 0.1) is 17.2 Å². The van der Waals surface area contributed by atoms with Crippen LogP contribution >= 0.6 is 23.4 Å². The molecule has 1 fully saturated rings. The molecule has 0 aliphatic carbocycles. The first-order chi connectivity index (χ1) is 12.5. The second-order valence-corrected chi connectivity index (χ2v) is 7.66. The van der Waals surface area contributed by atoms with Crippen LogP contribution in [-0.2, 0) is 0 Å². The van der Waals surface area contributed by atoms with Crippen molar-refractivity contribution in [2.75, 3.05) is 11.5 Å². The Labute approximate surface area is 157 Å². The zero-order valence-corrected chi connectivity index (χ0v) is 15.3. The molecule has 3 aromatic rings. The number of thioether (sulfide) groups is 1. The van der Waals surface area contributed by atoms with Gasteiger partial charge >= 0.3 is 0 Å². The van der Waals surface area contributed by atoms with Crippen LogP contribution in [0.15, 0.2) is 40.6 Å². The first-order valence-corrected chi connectivity index (χ1v) is 9.46. The highest BCUT2D eigenvalue weighted by Gasteiger charge is 2.29. The summed E-state index contributed by atoms with van der Waals surface area (Å²) >= 11 is 7.67. The molecular formula is C18H14ClF2N3OS. The molecule has 2 heterocycles. The van der Waals surface area contributed by atoms with Crippen molar-refractivity contribution >= 4 is 45.6 Å². The maximum Gasteiger partial charge on any atom is 0.221 e. The summed E-state index contributed by atoms with van der Waals surface area (Å²) in [6.07, 6.45) is 0. The lowest BCUT2D eigenvalue weighted by atomic mass is 10.2. The predicted molar refractivity (Wildman–Crippen MR) is 100 cm³/mol. The summed E-state index contributed by atoms with van der Waals surface area (Å²) in [5.74, 6) is -0.174. The van der Waals surface area contributed by atoms with E-state index in [1.165, 1.54) is 10.6 Å². The van der Waals surface area contributed by atoms with Crippen molar-refractivity contribution in [1.29, 1.82) is 0 Å². The number of hydrogen-bond acceptors (Lipinski definition) is 4. The van der Waals surface area contributed by atoms with Gasteiger partial charge in [0.1, 0.15) is 5.82 Å². The summed E-state index contributed by atoms with van der Waals surface area (Å²) in [4.78, 5) is 0. The van der Waals surface area contributed by atoms with Crippen LogP contribution < -0.4 is 0 Å². The Balaban J connectivity index is 1.90. The molecule has 0 saturated carbocycles. The van der Waals surface area contributed by atoms with Crippen LogP contribution in [0.5, 0.6) is 5.88 Å². The lowest BCUT2D eigenvalue weighted by Crippen LogP contribution is -2.22. The topological polar surface area (TPSA) is 49.9 Å². The number of aromatic hydroxyl groups is 1. The fraction of sp³-hybridized carbons (Fsp3) is 0.222. The van der Waals surface area contributed by atoms with Gasteiger partial charge in [0.2, 0.25) is 5.88 Å². The summed E-state index contributed by atoms with van der Waals surface area (Å²) in [5, 5.41) is 19.6. The molecule has 1 aliphatic rings. The van der Waals surface area contributed by atoms with E-state index >= 15 is 0 Å². The number of azo groups is 1. The fourth-order valence-corrected chi connectivity index (χ4v) is 3.86. The SMILES string of the molecule is Cc1ccc(Cl)cc1N=Nc1c(O)n(C2CSC2)c2c(F)cc(F)cc12. The van der Waals surface area contributed by atoms with Crippen molar-refractivity contribution in [3.63, 3.8) is 0 Å². The Hall–Kier alpha value is -2.12. The van der Waals surface area contributed by atoms with Crippen LogP contribution in [0.1, 0.15) is 11.6 Å². The van der Waals surface area contributed by atoms with Crippen LogP contribution in [0.4, 0.5) is 20.2 Å². The van der Waals surface area contributed by atoms with E-state index in [4.69, 9.17) is 11.6 Å². The van der Waals surface area contributed by atoms with Crippen LogP contribution in [0.2, 0.25) is 5.02 Å². The van der Waals surface area contributed by atoms with Crippen molar-refractivity contribution in [3.8, 4) is 5.88 Å². The van der Waals surface area contributed by atoms with E-state index in [9.17, 15) is 13.9 Å². The molecule has 134 valence electrons. The van der Waals surface area contributed by atoms with Gasteiger partial charge < -0.3 is 9.67 Å². The maximum absolute atomic E-state index is 14.4. The van der Waals surface area contributed by atoms with Crippen molar-refractivity contribution < 1.29 is 13.9 Å². The van der Waals surface area contributed by atoms with Gasteiger partial charge in [-0.15, -0.1) is 5.11 Å². The lowest BCUT2D eigenvalue weighted by Gasteiger charge is -2.27.